The number of methoxy groups -OCH3 is 3. The lowest BCUT2D eigenvalue weighted by molar-refractivity contribution is -0.0349. The van der Waals surface area contributed by atoms with E-state index >= 15 is 0 Å². The van der Waals surface area contributed by atoms with Gasteiger partial charge in [-0.15, -0.1) is 0 Å². The van der Waals surface area contributed by atoms with Crippen LogP contribution in [0.15, 0.2) is 30.3 Å². The highest BCUT2D eigenvalue weighted by molar-refractivity contribution is 5.79. The van der Waals surface area contributed by atoms with Crippen LogP contribution in [0.3, 0.4) is 0 Å². The summed E-state index contributed by atoms with van der Waals surface area (Å²) in [7, 11) is 4.98. The van der Waals surface area contributed by atoms with Crippen molar-refractivity contribution in [3.63, 3.8) is 0 Å². The number of ether oxygens (including phenoxy) is 4. The van der Waals surface area contributed by atoms with Gasteiger partial charge in [-0.2, -0.15) is 0 Å². The number of fused-ring (bicyclic) bond motifs is 4. The Balaban J connectivity index is 1.43. The summed E-state index contributed by atoms with van der Waals surface area (Å²) in [4.78, 5) is 15.4. The van der Waals surface area contributed by atoms with Crippen LogP contribution in [0.25, 0.3) is 11.1 Å². The molecule has 7 heteroatoms. The third-order valence-corrected chi connectivity index (χ3v) is 8.01. The first kappa shape index (κ1) is 23.8. The van der Waals surface area contributed by atoms with E-state index in [-0.39, 0.29) is 23.7 Å². The van der Waals surface area contributed by atoms with Gasteiger partial charge in [0.15, 0.2) is 0 Å². The van der Waals surface area contributed by atoms with Crippen LogP contribution in [0.1, 0.15) is 43.9 Å². The monoisotopic (exact) mass is 480 g/mol. The van der Waals surface area contributed by atoms with E-state index in [2.05, 4.69) is 36.2 Å². The van der Waals surface area contributed by atoms with Crippen molar-refractivity contribution in [3.05, 3.63) is 41.5 Å². The Kier molecular flexibility index (Phi) is 6.30. The molecule has 0 spiro atoms. The van der Waals surface area contributed by atoms with E-state index in [1.165, 1.54) is 5.56 Å². The number of carbonyl (C=O) groups is 1. The summed E-state index contributed by atoms with van der Waals surface area (Å²) in [5.74, 6) is 2.71. The van der Waals surface area contributed by atoms with Crippen molar-refractivity contribution in [1.82, 2.24) is 10.2 Å². The molecule has 35 heavy (non-hydrogen) atoms. The van der Waals surface area contributed by atoms with Crippen LogP contribution < -0.4 is 19.5 Å². The van der Waals surface area contributed by atoms with Crippen LogP contribution in [-0.2, 0) is 11.2 Å². The fourth-order valence-electron chi connectivity index (χ4n) is 6.09. The van der Waals surface area contributed by atoms with Gasteiger partial charge in [0, 0.05) is 17.7 Å². The first-order valence-electron chi connectivity index (χ1n) is 12.5. The van der Waals surface area contributed by atoms with Crippen LogP contribution in [0, 0.1) is 11.3 Å². The minimum absolute atomic E-state index is 0.0149. The normalized spacial score (nSPS) is 26.1. The van der Waals surface area contributed by atoms with Gasteiger partial charge in [0.25, 0.3) is 0 Å². The number of hydrogen-bond donors (Lipinski definition) is 1. The smallest absolute Gasteiger partial charge is 0.407 e. The highest BCUT2D eigenvalue weighted by Crippen LogP contribution is 2.50. The Hall–Kier alpha value is -2.93. The molecule has 0 saturated carbocycles. The van der Waals surface area contributed by atoms with Gasteiger partial charge in [0.1, 0.15) is 23.4 Å². The lowest BCUT2D eigenvalue weighted by Gasteiger charge is -2.44. The molecule has 3 fully saturated rings. The van der Waals surface area contributed by atoms with Gasteiger partial charge in [0.05, 0.1) is 27.4 Å². The largest absolute Gasteiger partial charge is 0.497 e. The molecule has 2 atom stereocenters. The molecule has 0 radical (unpaired) electrons. The van der Waals surface area contributed by atoms with Crippen LogP contribution in [0.4, 0.5) is 4.79 Å². The Labute approximate surface area is 207 Å². The van der Waals surface area contributed by atoms with E-state index in [9.17, 15) is 4.79 Å². The summed E-state index contributed by atoms with van der Waals surface area (Å²) in [6.45, 7) is 7.46. The minimum atomic E-state index is -0.327. The van der Waals surface area contributed by atoms with Gasteiger partial charge < -0.3 is 24.3 Å². The molecule has 6 rings (SSSR count). The number of benzene rings is 2. The molecule has 0 aromatic heterocycles. The molecule has 3 saturated heterocycles. The number of nitrogens with one attached hydrogen (secondary N) is 1. The standard InChI is InChI=1S/C28H36N2O5/c1-28(2)15-18-12-21(22-13-19(32-3)6-7-23(22)33-4)24(34-5)14-20(18)26(28)29-27(31)35-25-16-30-10-8-17(25)9-11-30/h6-7,12-14,17,25-26H,8-11,15-16H2,1-5H3,(H,29,31)/t25-,26?/m1/s1. The molecule has 188 valence electrons. The fourth-order valence-corrected chi connectivity index (χ4v) is 6.09. The number of alkyl carbamates (subject to hydrolysis) is 1. The van der Waals surface area contributed by atoms with Gasteiger partial charge in [-0.3, -0.25) is 4.90 Å². The maximum atomic E-state index is 13.0. The number of piperidine rings is 3. The van der Waals surface area contributed by atoms with Crippen LogP contribution in [-0.4, -0.2) is 58.1 Å². The summed E-state index contributed by atoms with van der Waals surface area (Å²) in [6, 6.07) is 9.79. The topological polar surface area (TPSA) is 69.3 Å². The molecule has 4 aliphatic rings. The molecule has 2 bridgehead atoms. The highest BCUT2D eigenvalue weighted by Gasteiger charge is 2.42. The molecular weight excluding hydrogens is 444 g/mol. The summed E-state index contributed by atoms with van der Waals surface area (Å²) in [5, 5.41) is 3.20. The number of carbonyl (C=O) groups excluding carboxylic acids is 1. The first-order valence-corrected chi connectivity index (χ1v) is 12.5. The Bertz CT molecular complexity index is 1110. The van der Waals surface area contributed by atoms with E-state index in [1.807, 2.05) is 18.2 Å². The summed E-state index contributed by atoms with van der Waals surface area (Å²) in [6.07, 6.45) is 2.72. The highest BCUT2D eigenvalue weighted by atomic mass is 16.6. The zero-order valence-corrected chi connectivity index (χ0v) is 21.3. The summed E-state index contributed by atoms with van der Waals surface area (Å²) in [5.41, 5.74) is 3.93. The van der Waals surface area contributed by atoms with Gasteiger partial charge in [-0.05, 0) is 85.1 Å². The van der Waals surface area contributed by atoms with E-state index < -0.39 is 0 Å². The summed E-state index contributed by atoms with van der Waals surface area (Å²) >= 11 is 0. The maximum absolute atomic E-state index is 13.0. The second-order valence-electron chi connectivity index (χ2n) is 10.6. The first-order chi connectivity index (χ1) is 16.8. The average Bonchev–Trinajstić information content (AvgIpc) is 3.11. The molecule has 1 aliphatic carbocycles. The van der Waals surface area contributed by atoms with Crippen molar-refractivity contribution in [2.24, 2.45) is 11.3 Å². The number of rotatable bonds is 6. The molecule has 7 nitrogen and oxygen atoms in total. The van der Waals surface area contributed by atoms with Crippen molar-refractivity contribution in [3.8, 4) is 28.4 Å². The van der Waals surface area contributed by atoms with Crippen molar-refractivity contribution < 1.29 is 23.7 Å². The molecule has 3 heterocycles. The number of nitrogens with zero attached hydrogens (tertiary/aromatic N) is 1. The summed E-state index contributed by atoms with van der Waals surface area (Å²) < 4.78 is 22.9. The third-order valence-electron chi connectivity index (χ3n) is 8.01. The molecule has 1 N–H and O–H groups in total. The minimum Gasteiger partial charge on any atom is -0.497 e. The van der Waals surface area contributed by atoms with Crippen molar-refractivity contribution in [1.29, 1.82) is 0 Å². The Morgan fingerprint density at radius 1 is 0.971 bits per heavy atom. The molecule has 3 aliphatic heterocycles. The zero-order chi connectivity index (χ0) is 24.7. The second kappa shape index (κ2) is 9.26. The van der Waals surface area contributed by atoms with Crippen molar-refractivity contribution in [2.45, 2.75) is 45.3 Å². The van der Waals surface area contributed by atoms with Crippen LogP contribution in [0.5, 0.6) is 17.2 Å². The van der Waals surface area contributed by atoms with Crippen molar-refractivity contribution >= 4 is 6.09 Å². The van der Waals surface area contributed by atoms with Crippen LogP contribution in [0.2, 0.25) is 0 Å². The zero-order valence-electron chi connectivity index (χ0n) is 21.3. The van der Waals surface area contributed by atoms with E-state index in [0.717, 1.165) is 72.8 Å². The lowest BCUT2D eigenvalue weighted by atomic mass is 9.85. The maximum Gasteiger partial charge on any atom is 0.407 e. The van der Waals surface area contributed by atoms with Gasteiger partial charge in [-0.25, -0.2) is 4.79 Å². The van der Waals surface area contributed by atoms with Crippen molar-refractivity contribution in [2.75, 3.05) is 41.0 Å². The van der Waals surface area contributed by atoms with Gasteiger partial charge in [0.2, 0.25) is 0 Å². The fraction of sp³-hybridized carbons (Fsp3) is 0.536. The van der Waals surface area contributed by atoms with Crippen LogP contribution >= 0.6 is 0 Å². The lowest BCUT2D eigenvalue weighted by Crippen LogP contribution is -2.53. The molecular formula is C28H36N2O5. The van der Waals surface area contributed by atoms with Gasteiger partial charge >= 0.3 is 6.09 Å². The molecule has 1 amide bonds. The molecule has 1 unspecified atom stereocenters. The Morgan fingerprint density at radius 2 is 1.69 bits per heavy atom. The second-order valence-corrected chi connectivity index (χ2v) is 10.6. The SMILES string of the molecule is COc1ccc(OC)c(-c2cc3c(cc2OC)C(NC(=O)O[C@@H]2CN4CCC2CC4)C(C)(C)C3)c1. The quantitative estimate of drug-likeness (QED) is 0.639. The molecule has 2 aromatic carbocycles. The third kappa shape index (κ3) is 4.42. The van der Waals surface area contributed by atoms with Gasteiger partial charge in [-0.1, -0.05) is 13.8 Å². The van der Waals surface area contributed by atoms with E-state index in [4.69, 9.17) is 18.9 Å². The average molecular weight is 481 g/mol. The van der Waals surface area contributed by atoms with E-state index in [0.29, 0.717) is 5.92 Å². The predicted molar refractivity (Wildman–Crippen MR) is 134 cm³/mol. The number of hydrogen-bond acceptors (Lipinski definition) is 6. The molecule has 2 aromatic rings. The predicted octanol–water partition coefficient (Wildman–Crippen LogP) is 4.82. The Morgan fingerprint density at radius 3 is 2.31 bits per heavy atom. The number of amides is 1. The van der Waals surface area contributed by atoms with E-state index in [1.54, 1.807) is 21.3 Å².